The fraction of sp³-hybridized carbons (Fsp3) is 0.500. The first kappa shape index (κ1) is 26.8. The number of nitrogens with zero attached hydrogens (tertiary/aromatic N) is 2. The number of aliphatic hydroxyl groups is 1. The SMILES string of the molecule is COc1cc([C@H]2C(C(=O)c3ccc(C)o3)=C(O)C(=O)N2CCN2CCOCC2)ccc1OCCC(C)C. The number of hydrogen-bond donors (Lipinski definition) is 1. The fourth-order valence-corrected chi connectivity index (χ4v) is 4.60. The summed E-state index contributed by atoms with van der Waals surface area (Å²) in [6, 6.07) is 7.80. The van der Waals surface area contributed by atoms with E-state index in [-0.39, 0.29) is 11.3 Å². The Morgan fingerprint density at radius 1 is 1.14 bits per heavy atom. The van der Waals surface area contributed by atoms with Crippen LogP contribution in [0.3, 0.4) is 0 Å². The predicted molar refractivity (Wildman–Crippen MR) is 137 cm³/mol. The smallest absolute Gasteiger partial charge is 0.290 e. The van der Waals surface area contributed by atoms with E-state index in [2.05, 4.69) is 18.7 Å². The highest BCUT2D eigenvalue weighted by atomic mass is 16.5. The molecular weight excluding hydrogens is 476 g/mol. The third kappa shape index (κ3) is 5.99. The molecule has 0 saturated carbocycles. The van der Waals surface area contributed by atoms with Crippen molar-refractivity contribution in [2.24, 2.45) is 5.92 Å². The number of benzene rings is 1. The van der Waals surface area contributed by atoms with Crippen LogP contribution in [0.2, 0.25) is 0 Å². The lowest BCUT2D eigenvalue weighted by atomic mass is 9.94. The average Bonchev–Trinajstić information content (AvgIpc) is 3.44. The monoisotopic (exact) mass is 512 g/mol. The molecule has 1 N–H and O–H groups in total. The lowest BCUT2D eigenvalue weighted by Gasteiger charge is -2.31. The number of methoxy groups -OCH3 is 1. The first-order valence-corrected chi connectivity index (χ1v) is 12.8. The molecule has 1 saturated heterocycles. The maximum Gasteiger partial charge on any atom is 0.290 e. The molecule has 0 unspecified atom stereocenters. The lowest BCUT2D eigenvalue weighted by Crippen LogP contribution is -2.43. The van der Waals surface area contributed by atoms with Crippen molar-refractivity contribution in [2.75, 3.05) is 53.1 Å². The summed E-state index contributed by atoms with van der Waals surface area (Å²) in [5.74, 6) is 0.567. The number of carbonyl (C=O) groups excluding carboxylic acids is 2. The van der Waals surface area contributed by atoms with Crippen LogP contribution in [0.4, 0.5) is 0 Å². The van der Waals surface area contributed by atoms with Gasteiger partial charge in [0.15, 0.2) is 23.0 Å². The van der Waals surface area contributed by atoms with E-state index in [1.807, 2.05) is 6.07 Å². The maximum absolute atomic E-state index is 13.5. The number of ether oxygens (including phenoxy) is 3. The minimum atomic E-state index is -0.801. The number of rotatable bonds is 11. The second-order valence-corrected chi connectivity index (χ2v) is 9.80. The second-order valence-electron chi connectivity index (χ2n) is 9.80. The first-order valence-electron chi connectivity index (χ1n) is 12.8. The van der Waals surface area contributed by atoms with Crippen molar-refractivity contribution < 1.29 is 33.3 Å². The van der Waals surface area contributed by atoms with Gasteiger partial charge in [0.05, 0.1) is 38.5 Å². The highest BCUT2D eigenvalue weighted by Crippen LogP contribution is 2.41. The molecule has 4 rings (SSSR count). The Morgan fingerprint density at radius 2 is 1.89 bits per heavy atom. The minimum absolute atomic E-state index is 0.00291. The number of hydrogen-bond acceptors (Lipinski definition) is 8. The van der Waals surface area contributed by atoms with E-state index >= 15 is 0 Å². The molecular formula is C28H36N2O7. The van der Waals surface area contributed by atoms with Crippen molar-refractivity contribution in [3.63, 3.8) is 0 Å². The normalized spacial score (nSPS) is 18.7. The third-order valence-corrected chi connectivity index (χ3v) is 6.73. The molecule has 0 aliphatic carbocycles. The Morgan fingerprint density at radius 3 is 2.54 bits per heavy atom. The van der Waals surface area contributed by atoms with Gasteiger partial charge in [-0.05, 0) is 49.1 Å². The van der Waals surface area contributed by atoms with Gasteiger partial charge in [0.2, 0.25) is 5.78 Å². The number of ketones is 1. The van der Waals surface area contributed by atoms with E-state index in [0.717, 1.165) is 19.5 Å². The van der Waals surface area contributed by atoms with Crippen LogP contribution in [-0.2, 0) is 9.53 Å². The molecule has 37 heavy (non-hydrogen) atoms. The zero-order valence-electron chi connectivity index (χ0n) is 22.0. The summed E-state index contributed by atoms with van der Waals surface area (Å²) in [7, 11) is 1.55. The van der Waals surface area contributed by atoms with E-state index in [4.69, 9.17) is 18.6 Å². The van der Waals surface area contributed by atoms with Gasteiger partial charge in [-0.3, -0.25) is 14.5 Å². The van der Waals surface area contributed by atoms with Crippen molar-refractivity contribution in [1.29, 1.82) is 0 Å². The van der Waals surface area contributed by atoms with Crippen LogP contribution < -0.4 is 9.47 Å². The Hall–Kier alpha value is -3.30. The molecule has 1 aromatic heterocycles. The molecule has 9 nitrogen and oxygen atoms in total. The zero-order valence-corrected chi connectivity index (χ0v) is 22.0. The van der Waals surface area contributed by atoms with Crippen LogP contribution in [0.1, 0.15) is 48.2 Å². The molecule has 9 heteroatoms. The van der Waals surface area contributed by atoms with Gasteiger partial charge in [-0.1, -0.05) is 19.9 Å². The van der Waals surface area contributed by atoms with E-state index < -0.39 is 23.5 Å². The Kier molecular flexibility index (Phi) is 8.56. The topological polar surface area (TPSA) is 102 Å². The molecule has 200 valence electrons. The van der Waals surface area contributed by atoms with Crippen molar-refractivity contribution in [2.45, 2.75) is 33.2 Å². The number of carbonyl (C=O) groups is 2. The van der Waals surface area contributed by atoms with Crippen molar-refractivity contribution in [1.82, 2.24) is 9.80 Å². The number of aryl methyl sites for hydroxylation is 1. The molecule has 0 radical (unpaired) electrons. The summed E-state index contributed by atoms with van der Waals surface area (Å²) < 4.78 is 22.5. The number of Topliss-reactive ketones (excluding diaryl/α,β-unsaturated/α-hetero) is 1. The van der Waals surface area contributed by atoms with Crippen molar-refractivity contribution >= 4 is 11.7 Å². The Bertz CT molecular complexity index is 1150. The van der Waals surface area contributed by atoms with Crippen LogP contribution in [0.25, 0.3) is 0 Å². The van der Waals surface area contributed by atoms with E-state index in [1.54, 1.807) is 43.2 Å². The quantitative estimate of drug-likeness (QED) is 0.452. The molecule has 1 atom stereocenters. The average molecular weight is 513 g/mol. The van der Waals surface area contributed by atoms with Gasteiger partial charge in [0.25, 0.3) is 5.91 Å². The Labute approximate surface area is 217 Å². The molecule has 2 aromatic rings. The van der Waals surface area contributed by atoms with Crippen LogP contribution in [0.5, 0.6) is 11.5 Å². The molecule has 1 amide bonds. The molecule has 1 fully saturated rings. The summed E-state index contributed by atoms with van der Waals surface area (Å²) in [5.41, 5.74) is 0.635. The van der Waals surface area contributed by atoms with E-state index in [0.29, 0.717) is 61.7 Å². The summed E-state index contributed by atoms with van der Waals surface area (Å²) >= 11 is 0. The van der Waals surface area contributed by atoms with Gasteiger partial charge in [-0.2, -0.15) is 0 Å². The van der Waals surface area contributed by atoms with Crippen LogP contribution >= 0.6 is 0 Å². The highest BCUT2D eigenvalue weighted by molar-refractivity contribution is 6.15. The predicted octanol–water partition coefficient (Wildman–Crippen LogP) is 3.93. The van der Waals surface area contributed by atoms with Crippen molar-refractivity contribution in [3.8, 4) is 11.5 Å². The maximum atomic E-state index is 13.5. The summed E-state index contributed by atoms with van der Waals surface area (Å²) in [5, 5.41) is 10.9. The van der Waals surface area contributed by atoms with Crippen LogP contribution in [-0.4, -0.2) is 79.7 Å². The van der Waals surface area contributed by atoms with Gasteiger partial charge < -0.3 is 28.6 Å². The van der Waals surface area contributed by atoms with Gasteiger partial charge in [0, 0.05) is 26.2 Å². The molecule has 0 bridgehead atoms. The third-order valence-electron chi connectivity index (χ3n) is 6.73. The summed E-state index contributed by atoms with van der Waals surface area (Å²) in [4.78, 5) is 30.5. The van der Waals surface area contributed by atoms with E-state index in [9.17, 15) is 14.7 Å². The summed E-state index contributed by atoms with van der Waals surface area (Å²) in [6.07, 6.45) is 0.898. The number of aliphatic hydroxyl groups excluding tert-OH is 1. The largest absolute Gasteiger partial charge is 0.503 e. The highest BCUT2D eigenvalue weighted by Gasteiger charge is 2.44. The summed E-state index contributed by atoms with van der Waals surface area (Å²) in [6.45, 7) is 10.3. The molecule has 2 aliphatic heterocycles. The lowest BCUT2D eigenvalue weighted by molar-refractivity contribution is -0.129. The molecule has 1 aromatic carbocycles. The first-order chi connectivity index (χ1) is 17.8. The van der Waals surface area contributed by atoms with Gasteiger partial charge in [0.1, 0.15) is 5.76 Å². The van der Waals surface area contributed by atoms with Gasteiger partial charge in [-0.25, -0.2) is 0 Å². The molecule has 0 spiro atoms. The number of amides is 1. The van der Waals surface area contributed by atoms with Crippen LogP contribution in [0.15, 0.2) is 46.1 Å². The van der Waals surface area contributed by atoms with E-state index in [1.165, 1.54) is 0 Å². The molecule has 2 aliphatic rings. The van der Waals surface area contributed by atoms with Crippen molar-refractivity contribution in [3.05, 3.63) is 58.7 Å². The fourth-order valence-electron chi connectivity index (χ4n) is 4.60. The zero-order chi connectivity index (χ0) is 26.5. The molecule has 3 heterocycles. The van der Waals surface area contributed by atoms with Crippen LogP contribution in [0, 0.1) is 12.8 Å². The standard InChI is InChI=1S/C28H36N2O7/c1-18(2)9-14-36-21-8-6-20(17-23(21)34-4)25-24(26(31)22-7-5-19(3)37-22)27(32)28(33)30(25)11-10-29-12-15-35-16-13-29/h5-8,17-18,25,32H,9-16H2,1-4H3/t25-/m0/s1. The Balaban J connectivity index is 1.67. The van der Waals surface area contributed by atoms with Gasteiger partial charge in [-0.15, -0.1) is 0 Å². The number of furan rings is 1. The minimum Gasteiger partial charge on any atom is -0.503 e. The second kappa shape index (κ2) is 11.8. The number of morpholine rings is 1. The van der Waals surface area contributed by atoms with Gasteiger partial charge >= 0.3 is 0 Å².